The Morgan fingerprint density at radius 3 is 2.54 bits per heavy atom. The second kappa shape index (κ2) is 3.20. The van der Waals surface area contributed by atoms with Crippen molar-refractivity contribution < 1.29 is 19.8 Å². The SMILES string of the molecule is CC1(C(=O)O)C=CCC(C(=O)O)C1. The summed E-state index contributed by atoms with van der Waals surface area (Å²) in [6.07, 6.45) is 3.82. The highest BCUT2D eigenvalue weighted by Gasteiger charge is 2.37. The summed E-state index contributed by atoms with van der Waals surface area (Å²) in [5.74, 6) is -2.45. The molecule has 0 radical (unpaired) electrons. The fourth-order valence-electron chi connectivity index (χ4n) is 1.50. The number of rotatable bonds is 2. The van der Waals surface area contributed by atoms with E-state index in [-0.39, 0.29) is 6.42 Å². The molecule has 1 rings (SSSR count). The van der Waals surface area contributed by atoms with Crippen molar-refractivity contribution in [2.24, 2.45) is 11.3 Å². The molecular weight excluding hydrogens is 172 g/mol. The van der Waals surface area contributed by atoms with Crippen LogP contribution in [0.3, 0.4) is 0 Å². The first-order valence-electron chi connectivity index (χ1n) is 4.09. The maximum atomic E-state index is 10.8. The number of carboxylic acid groups (broad SMARTS) is 2. The molecule has 4 nitrogen and oxygen atoms in total. The van der Waals surface area contributed by atoms with E-state index in [4.69, 9.17) is 10.2 Å². The van der Waals surface area contributed by atoms with Crippen LogP contribution in [0.4, 0.5) is 0 Å². The van der Waals surface area contributed by atoms with Crippen LogP contribution in [0.5, 0.6) is 0 Å². The van der Waals surface area contributed by atoms with Crippen LogP contribution in [0.15, 0.2) is 12.2 Å². The maximum Gasteiger partial charge on any atom is 0.313 e. The van der Waals surface area contributed by atoms with E-state index in [0.717, 1.165) is 0 Å². The van der Waals surface area contributed by atoms with Crippen LogP contribution in [0.1, 0.15) is 19.8 Å². The molecule has 13 heavy (non-hydrogen) atoms. The highest BCUT2D eigenvalue weighted by Crippen LogP contribution is 2.34. The number of allylic oxidation sites excluding steroid dienone is 1. The summed E-state index contributed by atoms with van der Waals surface area (Å²) in [7, 11) is 0. The van der Waals surface area contributed by atoms with Gasteiger partial charge >= 0.3 is 11.9 Å². The Morgan fingerprint density at radius 2 is 2.08 bits per heavy atom. The minimum Gasteiger partial charge on any atom is -0.481 e. The van der Waals surface area contributed by atoms with Crippen molar-refractivity contribution in [3.63, 3.8) is 0 Å². The molecule has 0 spiro atoms. The predicted molar refractivity (Wildman–Crippen MR) is 45.2 cm³/mol. The van der Waals surface area contributed by atoms with E-state index in [1.807, 2.05) is 0 Å². The molecule has 0 aromatic rings. The van der Waals surface area contributed by atoms with Crippen molar-refractivity contribution in [1.82, 2.24) is 0 Å². The third-order valence-electron chi connectivity index (χ3n) is 2.41. The molecule has 0 aromatic carbocycles. The van der Waals surface area contributed by atoms with Crippen LogP contribution in [-0.2, 0) is 9.59 Å². The van der Waals surface area contributed by atoms with Crippen molar-refractivity contribution >= 4 is 11.9 Å². The molecule has 72 valence electrons. The minimum absolute atomic E-state index is 0.175. The normalized spacial score (nSPS) is 32.8. The van der Waals surface area contributed by atoms with Gasteiger partial charge in [0.1, 0.15) is 0 Å². The monoisotopic (exact) mass is 184 g/mol. The lowest BCUT2D eigenvalue weighted by Crippen LogP contribution is -2.33. The second-order valence-electron chi connectivity index (χ2n) is 3.60. The lowest BCUT2D eigenvalue weighted by molar-refractivity contribution is -0.149. The van der Waals surface area contributed by atoms with Crippen molar-refractivity contribution in [1.29, 1.82) is 0 Å². The molecular formula is C9H12O4. The Hall–Kier alpha value is -1.32. The Bertz CT molecular complexity index is 269. The van der Waals surface area contributed by atoms with Gasteiger partial charge < -0.3 is 10.2 Å². The Kier molecular flexibility index (Phi) is 2.40. The molecule has 0 bridgehead atoms. The zero-order valence-electron chi connectivity index (χ0n) is 7.36. The number of aliphatic carboxylic acids is 2. The molecule has 0 heterocycles. The molecule has 0 saturated carbocycles. The van der Waals surface area contributed by atoms with E-state index in [9.17, 15) is 9.59 Å². The summed E-state index contributed by atoms with van der Waals surface area (Å²) in [6, 6.07) is 0. The predicted octanol–water partition coefficient (Wildman–Crippen LogP) is 1.13. The first kappa shape index (κ1) is 9.77. The summed E-state index contributed by atoms with van der Waals surface area (Å²) in [6.45, 7) is 1.54. The van der Waals surface area contributed by atoms with E-state index < -0.39 is 23.3 Å². The summed E-state index contributed by atoms with van der Waals surface area (Å²) in [4.78, 5) is 21.4. The Labute approximate surface area is 75.9 Å². The largest absolute Gasteiger partial charge is 0.481 e. The molecule has 2 unspecified atom stereocenters. The Morgan fingerprint density at radius 1 is 1.46 bits per heavy atom. The number of hydrogen-bond acceptors (Lipinski definition) is 2. The third-order valence-corrected chi connectivity index (χ3v) is 2.41. The first-order chi connectivity index (χ1) is 5.96. The van der Waals surface area contributed by atoms with Crippen LogP contribution in [0.25, 0.3) is 0 Å². The molecule has 0 amide bonds. The van der Waals surface area contributed by atoms with Crippen LogP contribution in [0.2, 0.25) is 0 Å². The fourth-order valence-corrected chi connectivity index (χ4v) is 1.50. The van der Waals surface area contributed by atoms with Gasteiger partial charge in [-0.1, -0.05) is 12.2 Å². The quantitative estimate of drug-likeness (QED) is 0.631. The van der Waals surface area contributed by atoms with Crippen LogP contribution in [-0.4, -0.2) is 22.2 Å². The van der Waals surface area contributed by atoms with Crippen molar-refractivity contribution in [2.75, 3.05) is 0 Å². The van der Waals surface area contributed by atoms with Gasteiger partial charge in [0.05, 0.1) is 11.3 Å². The van der Waals surface area contributed by atoms with E-state index in [2.05, 4.69) is 0 Å². The van der Waals surface area contributed by atoms with Gasteiger partial charge in [-0.15, -0.1) is 0 Å². The molecule has 2 N–H and O–H groups in total. The van der Waals surface area contributed by atoms with Crippen molar-refractivity contribution in [3.8, 4) is 0 Å². The zero-order valence-corrected chi connectivity index (χ0v) is 7.36. The Balaban J connectivity index is 2.83. The molecule has 1 aliphatic carbocycles. The van der Waals surface area contributed by atoms with Gasteiger partial charge in [-0.3, -0.25) is 9.59 Å². The van der Waals surface area contributed by atoms with Crippen molar-refractivity contribution in [2.45, 2.75) is 19.8 Å². The highest BCUT2D eigenvalue weighted by molar-refractivity contribution is 5.79. The average molecular weight is 184 g/mol. The molecule has 1 aliphatic rings. The standard InChI is InChI=1S/C9H12O4/c1-9(8(12)13)4-2-3-6(5-9)7(10)11/h2,4,6H,3,5H2,1H3,(H,10,11)(H,12,13). The minimum atomic E-state index is -1.01. The van der Waals surface area contributed by atoms with E-state index in [1.165, 1.54) is 0 Å². The molecule has 0 fully saturated rings. The fraction of sp³-hybridized carbons (Fsp3) is 0.556. The van der Waals surface area contributed by atoms with Gasteiger partial charge in [-0.2, -0.15) is 0 Å². The van der Waals surface area contributed by atoms with Gasteiger partial charge in [0.15, 0.2) is 0 Å². The van der Waals surface area contributed by atoms with Gasteiger partial charge in [-0.05, 0) is 19.8 Å². The van der Waals surface area contributed by atoms with Gasteiger partial charge in [0, 0.05) is 0 Å². The van der Waals surface area contributed by atoms with Crippen molar-refractivity contribution in [3.05, 3.63) is 12.2 Å². The van der Waals surface area contributed by atoms with Gasteiger partial charge in [0.25, 0.3) is 0 Å². The first-order valence-corrected chi connectivity index (χ1v) is 4.09. The molecule has 0 aliphatic heterocycles. The molecule has 2 atom stereocenters. The topological polar surface area (TPSA) is 74.6 Å². The smallest absolute Gasteiger partial charge is 0.313 e. The van der Waals surface area contributed by atoms with Gasteiger partial charge in [-0.25, -0.2) is 0 Å². The zero-order chi connectivity index (χ0) is 10.1. The van der Waals surface area contributed by atoms with Crippen LogP contribution < -0.4 is 0 Å². The van der Waals surface area contributed by atoms with E-state index in [0.29, 0.717) is 6.42 Å². The summed E-state index contributed by atoms with van der Waals surface area (Å²) in [5, 5.41) is 17.6. The lowest BCUT2D eigenvalue weighted by Gasteiger charge is -2.27. The van der Waals surface area contributed by atoms with E-state index >= 15 is 0 Å². The van der Waals surface area contributed by atoms with Crippen LogP contribution in [0, 0.1) is 11.3 Å². The summed E-state index contributed by atoms with van der Waals surface area (Å²) in [5.41, 5.74) is -1.01. The lowest BCUT2D eigenvalue weighted by atomic mass is 9.75. The maximum absolute atomic E-state index is 10.8. The van der Waals surface area contributed by atoms with Gasteiger partial charge in [0.2, 0.25) is 0 Å². The summed E-state index contributed by atoms with van der Waals surface area (Å²) >= 11 is 0. The van der Waals surface area contributed by atoms with E-state index in [1.54, 1.807) is 19.1 Å². The number of hydrogen-bond donors (Lipinski definition) is 2. The molecule has 0 aromatic heterocycles. The molecule has 0 saturated heterocycles. The molecule has 4 heteroatoms. The third kappa shape index (κ3) is 1.88. The van der Waals surface area contributed by atoms with Crippen LogP contribution >= 0.6 is 0 Å². The highest BCUT2D eigenvalue weighted by atomic mass is 16.4. The summed E-state index contributed by atoms with van der Waals surface area (Å²) < 4.78 is 0. The number of carbonyl (C=O) groups is 2. The number of carboxylic acids is 2. The second-order valence-corrected chi connectivity index (χ2v) is 3.60. The average Bonchev–Trinajstić information content (AvgIpc) is 2.04.